The lowest BCUT2D eigenvalue weighted by Crippen LogP contribution is -2.45. The van der Waals surface area contributed by atoms with Crippen LogP contribution in [0.2, 0.25) is 0 Å². The maximum Gasteiger partial charge on any atom is 0.215 e. The van der Waals surface area contributed by atoms with Gasteiger partial charge in [0.15, 0.2) is 0 Å². The number of nitrogens with one attached hydrogen (secondary N) is 1. The fourth-order valence-electron chi connectivity index (χ4n) is 3.96. The van der Waals surface area contributed by atoms with Crippen LogP contribution in [0.1, 0.15) is 71.8 Å². The summed E-state index contributed by atoms with van der Waals surface area (Å²) in [6.45, 7) is 10.0. The number of anilines is 1. The second-order valence-corrected chi connectivity index (χ2v) is 9.81. The highest BCUT2D eigenvalue weighted by molar-refractivity contribution is 7.89. The van der Waals surface area contributed by atoms with Gasteiger partial charge in [0.25, 0.3) is 0 Å². The summed E-state index contributed by atoms with van der Waals surface area (Å²) >= 11 is 0. The Bertz CT molecular complexity index is 738. The van der Waals surface area contributed by atoms with Gasteiger partial charge in [-0.15, -0.1) is 0 Å². The van der Waals surface area contributed by atoms with Gasteiger partial charge in [0, 0.05) is 24.3 Å². The van der Waals surface area contributed by atoms with Gasteiger partial charge in [-0.2, -0.15) is 0 Å². The number of rotatable bonds is 11. The number of likely N-dealkylation sites (N-methyl/N-ethyl adjacent to an activating group) is 1. The maximum absolute atomic E-state index is 12.6. The van der Waals surface area contributed by atoms with Crippen LogP contribution < -0.4 is 9.62 Å². The van der Waals surface area contributed by atoms with E-state index in [-0.39, 0.29) is 11.3 Å². The largest absolute Gasteiger partial charge is 0.363 e. The van der Waals surface area contributed by atoms with E-state index >= 15 is 0 Å². The summed E-state index contributed by atoms with van der Waals surface area (Å²) in [5.41, 5.74) is 2.85. The number of hydrogen-bond donors (Lipinski definition) is 1. The third-order valence-corrected chi connectivity index (χ3v) is 6.61. The van der Waals surface area contributed by atoms with E-state index in [4.69, 9.17) is 0 Å². The van der Waals surface area contributed by atoms with Crippen LogP contribution in [0.3, 0.4) is 0 Å². The quantitative estimate of drug-likeness (QED) is 0.541. The number of hydrogen-bond acceptors (Lipinski definition) is 3. The number of benzene rings is 1. The lowest BCUT2D eigenvalue weighted by Gasteiger charge is -2.43. The van der Waals surface area contributed by atoms with Gasteiger partial charge in [-0.25, -0.2) is 13.1 Å². The summed E-state index contributed by atoms with van der Waals surface area (Å²) in [5.74, 6) is 0.0425. The van der Waals surface area contributed by atoms with Gasteiger partial charge < -0.3 is 4.90 Å². The van der Waals surface area contributed by atoms with Crippen LogP contribution in [0.5, 0.6) is 0 Å². The maximum atomic E-state index is 12.6. The standard InChI is InChI=1S/C22H36N2O2S/c1-5-7-8-9-10-13-16-23-27(25,26)18-19-17-22(3,4)24(6-2)21-15-12-11-14-20(19)21/h11-12,14-15,17,23H,5-10,13,16,18H2,1-4H3. The average molecular weight is 393 g/mol. The van der Waals surface area contributed by atoms with Gasteiger partial charge in [0.05, 0.1) is 11.3 Å². The minimum absolute atomic E-state index is 0.0425. The number of sulfonamides is 1. The summed E-state index contributed by atoms with van der Waals surface area (Å²) in [6, 6.07) is 8.12. The van der Waals surface area contributed by atoms with Crippen molar-refractivity contribution in [2.75, 3.05) is 23.7 Å². The normalized spacial score (nSPS) is 16.1. The molecular formula is C22H36N2O2S. The van der Waals surface area contributed by atoms with Gasteiger partial charge in [0.1, 0.15) is 0 Å². The van der Waals surface area contributed by atoms with Crippen molar-refractivity contribution < 1.29 is 8.42 Å². The van der Waals surface area contributed by atoms with Crippen LogP contribution in [0.4, 0.5) is 5.69 Å². The van der Waals surface area contributed by atoms with Gasteiger partial charge in [-0.1, -0.05) is 63.3 Å². The molecule has 0 unspecified atom stereocenters. The van der Waals surface area contributed by atoms with Crippen molar-refractivity contribution in [2.45, 2.75) is 71.8 Å². The Balaban J connectivity index is 2.01. The molecule has 0 atom stereocenters. The molecule has 152 valence electrons. The zero-order chi connectivity index (χ0) is 19.9. The fraction of sp³-hybridized carbons (Fsp3) is 0.636. The van der Waals surface area contributed by atoms with Crippen molar-refractivity contribution in [3.63, 3.8) is 0 Å². The molecule has 1 N–H and O–H groups in total. The van der Waals surface area contributed by atoms with Gasteiger partial charge in [-0.3, -0.25) is 0 Å². The predicted molar refractivity (Wildman–Crippen MR) is 117 cm³/mol. The first kappa shape index (κ1) is 22.0. The van der Waals surface area contributed by atoms with Crippen molar-refractivity contribution >= 4 is 21.3 Å². The molecule has 1 aromatic rings. The van der Waals surface area contributed by atoms with Gasteiger partial charge in [0.2, 0.25) is 10.0 Å². The molecule has 0 spiro atoms. The summed E-state index contributed by atoms with van der Waals surface area (Å²) in [5, 5.41) is 0. The van der Waals surface area contributed by atoms with E-state index < -0.39 is 10.0 Å². The molecule has 4 nitrogen and oxygen atoms in total. The van der Waals surface area contributed by atoms with Crippen LogP contribution in [0.25, 0.3) is 5.57 Å². The molecule has 0 aliphatic carbocycles. The Morgan fingerprint density at radius 3 is 2.37 bits per heavy atom. The SMILES string of the molecule is CCCCCCCCNS(=O)(=O)CC1=CC(C)(C)N(CC)c2ccccc21. The molecule has 1 aromatic carbocycles. The fourth-order valence-corrected chi connectivity index (χ4v) is 5.16. The molecule has 0 fully saturated rings. The van der Waals surface area contributed by atoms with E-state index in [1.54, 1.807) is 0 Å². The highest BCUT2D eigenvalue weighted by Crippen LogP contribution is 2.39. The summed E-state index contributed by atoms with van der Waals surface area (Å²) in [7, 11) is -3.33. The second-order valence-electron chi connectivity index (χ2n) is 8.01. The third kappa shape index (κ3) is 6.08. The number of unbranched alkanes of at least 4 members (excludes halogenated alkanes) is 5. The van der Waals surface area contributed by atoms with E-state index in [1.165, 1.54) is 25.7 Å². The Morgan fingerprint density at radius 1 is 1.00 bits per heavy atom. The van der Waals surface area contributed by atoms with Crippen molar-refractivity contribution in [3.05, 3.63) is 35.9 Å². The number of para-hydroxylation sites is 1. The molecule has 0 aromatic heterocycles. The van der Waals surface area contributed by atoms with E-state index in [0.29, 0.717) is 6.54 Å². The first-order valence-corrected chi connectivity index (χ1v) is 12.0. The van der Waals surface area contributed by atoms with Crippen LogP contribution in [-0.4, -0.2) is 32.8 Å². The molecule has 5 heteroatoms. The Hall–Kier alpha value is -1.33. The first-order valence-electron chi connectivity index (χ1n) is 10.4. The van der Waals surface area contributed by atoms with Crippen LogP contribution >= 0.6 is 0 Å². The zero-order valence-corrected chi connectivity index (χ0v) is 18.2. The predicted octanol–water partition coefficient (Wildman–Crippen LogP) is 4.97. The molecule has 0 saturated heterocycles. The van der Waals surface area contributed by atoms with Crippen molar-refractivity contribution in [1.82, 2.24) is 4.72 Å². The molecule has 0 amide bonds. The van der Waals surface area contributed by atoms with Gasteiger partial charge >= 0.3 is 0 Å². The highest BCUT2D eigenvalue weighted by atomic mass is 32.2. The lowest BCUT2D eigenvalue weighted by atomic mass is 9.89. The summed E-state index contributed by atoms with van der Waals surface area (Å²) in [4.78, 5) is 2.32. The molecular weight excluding hydrogens is 356 g/mol. The summed E-state index contributed by atoms with van der Waals surface area (Å²) < 4.78 is 28.1. The molecule has 0 saturated carbocycles. The second kappa shape index (κ2) is 9.74. The number of nitrogens with zero attached hydrogens (tertiary/aromatic N) is 1. The summed E-state index contributed by atoms with van der Waals surface area (Å²) in [6.07, 6.45) is 9.05. The minimum Gasteiger partial charge on any atom is -0.363 e. The minimum atomic E-state index is -3.33. The Kier molecular flexibility index (Phi) is 7.92. The Morgan fingerprint density at radius 2 is 1.67 bits per heavy atom. The molecule has 0 bridgehead atoms. The van der Waals surface area contributed by atoms with Crippen LogP contribution in [0.15, 0.2) is 30.3 Å². The van der Waals surface area contributed by atoms with Gasteiger partial charge in [-0.05, 0) is 38.8 Å². The van der Waals surface area contributed by atoms with E-state index in [0.717, 1.165) is 36.2 Å². The first-order chi connectivity index (χ1) is 12.8. The molecule has 27 heavy (non-hydrogen) atoms. The van der Waals surface area contributed by atoms with Crippen LogP contribution in [0, 0.1) is 0 Å². The van der Waals surface area contributed by atoms with E-state index in [2.05, 4.69) is 49.5 Å². The third-order valence-electron chi connectivity index (χ3n) is 5.28. The Labute approximate surface area is 166 Å². The highest BCUT2D eigenvalue weighted by Gasteiger charge is 2.32. The number of fused-ring (bicyclic) bond motifs is 1. The van der Waals surface area contributed by atoms with Crippen molar-refractivity contribution in [2.24, 2.45) is 0 Å². The zero-order valence-electron chi connectivity index (χ0n) is 17.4. The van der Waals surface area contributed by atoms with Crippen molar-refractivity contribution in [3.8, 4) is 0 Å². The smallest absolute Gasteiger partial charge is 0.215 e. The molecule has 1 aliphatic heterocycles. The molecule has 0 radical (unpaired) electrons. The topological polar surface area (TPSA) is 49.4 Å². The molecule has 1 heterocycles. The molecule has 2 rings (SSSR count). The van der Waals surface area contributed by atoms with E-state index in [1.807, 2.05) is 18.2 Å². The van der Waals surface area contributed by atoms with E-state index in [9.17, 15) is 8.42 Å². The monoisotopic (exact) mass is 392 g/mol. The van der Waals surface area contributed by atoms with Crippen molar-refractivity contribution in [1.29, 1.82) is 0 Å². The molecule has 1 aliphatic rings. The lowest BCUT2D eigenvalue weighted by molar-refractivity contribution is 0.563. The van der Waals surface area contributed by atoms with Crippen LogP contribution in [-0.2, 0) is 10.0 Å². The average Bonchev–Trinajstić information content (AvgIpc) is 2.60.